The lowest BCUT2D eigenvalue weighted by Crippen LogP contribution is -2.01. The lowest BCUT2D eigenvalue weighted by atomic mass is 10.00. The second-order valence-corrected chi connectivity index (χ2v) is 4.71. The average molecular weight is 220 g/mol. The SMILES string of the molecule is CCCC/C=C\CC1=C(C)CCCCC1=O. The zero-order chi connectivity index (χ0) is 11.8. The van der Waals surface area contributed by atoms with Gasteiger partial charge in [0.2, 0.25) is 0 Å². The van der Waals surface area contributed by atoms with E-state index in [0.717, 1.165) is 37.7 Å². The Morgan fingerprint density at radius 2 is 1.94 bits per heavy atom. The lowest BCUT2D eigenvalue weighted by Gasteiger charge is -2.04. The third-order valence-electron chi connectivity index (χ3n) is 3.27. The molecule has 0 heterocycles. The molecule has 0 N–H and O–H groups in total. The van der Waals surface area contributed by atoms with Crippen LogP contribution < -0.4 is 0 Å². The van der Waals surface area contributed by atoms with Crippen LogP contribution in [0.4, 0.5) is 0 Å². The third-order valence-corrected chi connectivity index (χ3v) is 3.27. The van der Waals surface area contributed by atoms with Gasteiger partial charge in [-0.25, -0.2) is 0 Å². The van der Waals surface area contributed by atoms with E-state index in [9.17, 15) is 4.79 Å². The van der Waals surface area contributed by atoms with Gasteiger partial charge in [-0.05, 0) is 44.6 Å². The number of hydrogen-bond donors (Lipinski definition) is 0. The minimum absolute atomic E-state index is 0.384. The Bertz CT molecular complexity index is 284. The first-order valence-electron chi connectivity index (χ1n) is 6.62. The van der Waals surface area contributed by atoms with E-state index in [-0.39, 0.29) is 0 Å². The topological polar surface area (TPSA) is 17.1 Å². The van der Waals surface area contributed by atoms with Gasteiger partial charge >= 0.3 is 0 Å². The quantitative estimate of drug-likeness (QED) is 0.489. The Kier molecular flexibility index (Phi) is 6.14. The fraction of sp³-hybridized carbons (Fsp3) is 0.667. The standard InChI is InChI=1S/C15H24O/c1-3-4-5-6-7-11-14-13(2)10-8-9-12-15(14)16/h6-7H,3-5,8-12H2,1-2H3/b7-6-. The lowest BCUT2D eigenvalue weighted by molar-refractivity contribution is -0.115. The molecule has 1 nitrogen and oxygen atoms in total. The fourth-order valence-corrected chi connectivity index (χ4v) is 2.14. The van der Waals surface area contributed by atoms with Crippen LogP contribution in [0.1, 0.15) is 65.2 Å². The molecule has 0 spiro atoms. The van der Waals surface area contributed by atoms with Crippen molar-refractivity contribution in [2.24, 2.45) is 0 Å². The predicted molar refractivity (Wildman–Crippen MR) is 69.5 cm³/mol. The van der Waals surface area contributed by atoms with Crippen LogP contribution in [0.15, 0.2) is 23.3 Å². The number of hydrogen-bond acceptors (Lipinski definition) is 1. The molecule has 0 aromatic carbocycles. The largest absolute Gasteiger partial charge is 0.295 e. The first kappa shape index (κ1) is 13.2. The number of carbonyl (C=O) groups is 1. The Balaban J connectivity index is 2.49. The summed E-state index contributed by atoms with van der Waals surface area (Å²) in [4.78, 5) is 11.9. The van der Waals surface area contributed by atoms with E-state index in [1.807, 2.05) is 0 Å². The van der Waals surface area contributed by atoms with Crippen LogP contribution in [0.2, 0.25) is 0 Å². The highest BCUT2D eigenvalue weighted by Crippen LogP contribution is 2.23. The summed E-state index contributed by atoms with van der Waals surface area (Å²) in [5.74, 6) is 0.384. The maximum absolute atomic E-state index is 11.9. The zero-order valence-electron chi connectivity index (χ0n) is 10.7. The number of rotatable bonds is 5. The maximum Gasteiger partial charge on any atom is 0.159 e. The summed E-state index contributed by atoms with van der Waals surface area (Å²) in [6.07, 6.45) is 13.0. The molecule has 1 aliphatic carbocycles. The van der Waals surface area contributed by atoms with E-state index in [2.05, 4.69) is 26.0 Å². The molecule has 0 aromatic rings. The predicted octanol–water partition coefficient (Wildman–Crippen LogP) is 4.58. The van der Waals surface area contributed by atoms with Gasteiger partial charge in [-0.2, -0.15) is 0 Å². The molecule has 0 amide bonds. The van der Waals surface area contributed by atoms with Gasteiger partial charge in [0.1, 0.15) is 0 Å². The molecule has 0 aromatic heterocycles. The van der Waals surface area contributed by atoms with Crippen LogP contribution in [0, 0.1) is 0 Å². The van der Waals surface area contributed by atoms with Crippen molar-refractivity contribution in [1.82, 2.24) is 0 Å². The van der Waals surface area contributed by atoms with Gasteiger partial charge in [0.15, 0.2) is 5.78 Å². The summed E-state index contributed by atoms with van der Waals surface area (Å²) in [6.45, 7) is 4.33. The number of allylic oxidation sites excluding steroid dienone is 4. The number of ketones is 1. The van der Waals surface area contributed by atoms with Crippen molar-refractivity contribution < 1.29 is 4.79 Å². The molecule has 1 heteroatoms. The normalized spacial score (nSPS) is 18.2. The first-order chi connectivity index (χ1) is 7.75. The summed E-state index contributed by atoms with van der Waals surface area (Å²) >= 11 is 0. The Morgan fingerprint density at radius 1 is 1.19 bits per heavy atom. The molecule has 90 valence electrons. The van der Waals surface area contributed by atoms with Gasteiger partial charge in [0.25, 0.3) is 0 Å². The van der Waals surface area contributed by atoms with E-state index in [1.54, 1.807) is 0 Å². The second-order valence-electron chi connectivity index (χ2n) is 4.71. The number of Topliss-reactive ketones (excluding diaryl/α,β-unsaturated/α-hetero) is 1. The van der Waals surface area contributed by atoms with Crippen molar-refractivity contribution in [3.8, 4) is 0 Å². The van der Waals surface area contributed by atoms with Crippen LogP contribution >= 0.6 is 0 Å². The summed E-state index contributed by atoms with van der Waals surface area (Å²) in [5.41, 5.74) is 2.41. The molecule has 0 radical (unpaired) electrons. The Morgan fingerprint density at radius 3 is 2.69 bits per heavy atom. The Labute approximate surface area is 99.6 Å². The molecule has 0 fully saturated rings. The molecule has 1 aliphatic rings. The second kappa shape index (κ2) is 7.43. The van der Waals surface area contributed by atoms with Crippen LogP contribution in [0.5, 0.6) is 0 Å². The zero-order valence-corrected chi connectivity index (χ0v) is 10.7. The molecule has 0 unspecified atom stereocenters. The van der Waals surface area contributed by atoms with Crippen molar-refractivity contribution in [1.29, 1.82) is 0 Å². The van der Waals surface area contributed by atoms with Crippen LogP contribution in [-0.2, 0) is 4.79 Å². The molecule has 1 rings (SSSR count). The van der Waals surface area contributed by atoms with Gasteiger partial charge in [0.05, 0.1) is 0 Å². The first-order valence-corrected chi connectivity index (χ1v) is 6.62. The van der Waals surface area contributed by atoms with Crippen LogP contribution in [0.25, 0.3) is 0 Å². The summed E-state index contributed by atoms with van der Waals surface area (Å²) in [6, 6.07) is 0. The highest BCUT2D eigenvalue weighted by Gasteiger charge is 2.14. The van der Waals surface area contributed by atoms with Crippen LogP contribution in [-0.4, -0.2) is 5.78 Å². The molecule has 0 bridgehead atoms. The Hall–Kier alpha value is -0.850. The fourth-order valence-electron chi connectivity index (χ4n) is 2.14. The molecule has 16 heavy (non-hydrogen) atoms. The van der Waals surface area contributed by atoms with Crippen molar-refractivity contribution in [3.63, 3.8) is 0 Å². The van der Waals surface area contributed by atoms with E-state index in [1.165, 1.54) is 24.8 Å². The average Bonchev–Trinajstić information content (AvgIpc) is 2.42. The molecule has 0 atom stereocenters. The van der Waals surface area contributed by atoms with E-state index in [0.29, 0.717) is 5.78 Å². The maximum atomic E-state index is 11.9. The van der Waals surface area contributed by atoms with Gasteiger partial charge in [0, 0.05) is 6.42 Å². The monoisotopic (exact) mass is 220 g/mol. The van der Waals surface area contributed by atoms with Gasteiger partial charge in [-0.1, -0.05) is 37.5 Å². The summed E-state index contributed by atoms with van der Waals surface area (Å²) < 4.78 is 0. The van der Waals surface area contributed by atoms with Gasteiger partial charge in [-0.15, -0.1) is 0 Å². The summed E-state index contributed by atoms with van der Waals surface area (Å²) in [5, 5.41) is 0. The highest BCUT2D eigenvalue weighted by atomic mass is 16.1. The molecule has 0 aliphatic heterocycles. The molecule has 0 saturated carbocycles. The minimum atomic E-state index is 0.384. The van der Waals surface area contributed by atoms with Gasteiger partial charge in [-0.3, -0.25) is 4.79 Å². The summed E-state index contributed by atoms with van der Waals surface area (Å²) in [7, 11) is 0. The van der Waals surface area contributed by atoms with Crippen molar-refractivity contribution >= 4 is 5.78 Å². The van der Waals surface area contributed by atoms with Crippen LogP contribution in [0.3, 0.4) is 0 Å². The molecule has 0 saturated heterocycles. The highest BCUT2D eigenvalue weighted by molar-refractivity contribution is 5.96. The number of unbranched alkanes of at least 4 members (excludes halogenated alkanes) is 2. The van der Waals surface area contributed by atoms with E-state index < -0.39 is 0 Å². The number of carbonyl (C=O) groups excluding carboxylic acids is 1. The van der Waals surface area contributed by atoms with Crippen molar-refractivity contribution in [3.05, 3.63) is 23.3 Å². The smallest absolute Gasteiger partial charge is 0.159 e. The molecular formula is C15H24O. The third kappa shape index (κ3) is 4.34. The minimum Gasteiger partial charge on any atom is -0.295 e. The van der Waals surface area contributed by atoms with E-state index >= 15 is 0 Å². The van der Waals surface area contributed by atoms with Crippen molar-refractivity contribution in [2.45, 2.75) is 65.2 Å². The van der Waals surface area contributed by atoms with E-state index in [4.69, 9.17) is 0 Å². The molecular weight excluding hydrogens is 196 g/mol. The van der Waals surface area contributed by atoms with Gasteiger partial charge < -0.3 is 0 Å². The van der Waals surface area contributed by atoms with Crippen molar-refractivity contribution in [2.75, 3.05) is 0 Å².